The number of fused-ring (bicyclic) bond motifs is 1. The highest BCUT2D eigenvalue weighted by Gasteiger charge is 2.21. The first-order valence-electron chi connectivity index (χ1n) is 10.3. The number of carbonyl (C=O) groups is 3. The van der Waals surface area contributed by atoms with Crippen molar-refractivity contribution in [2.45, 2.75) is 53.6 Å². The van der Waals surface area contributed by atoms with Gasteiger partial charge in [-0.15, -0.1) is 0 Å². The van der Waals surface area contributed by atoms with Crippen LogP contribution in [-0.4, -0.2) is 38.3 Å². The first kappa shape index (κ1) is 22.3. The minimum absolute atomic E-state index is 0.0330. The van der Waals surface area contributed by atoms with Crippen LogP contribution >= 0.6 is 0 Å². The summed E-state index contributed by atoms with van der Waals surface area (Å²) in [5.74, 6) is -1.10. The number of ether oxygens (including phenoxy) is 1. The Labute approximate surface area is 179 Å². The molecule has 1 aromatic carbocycles. The van der Waals surface area contributed by atoms with Crippen LogP contribution in [0.25, 0.3) is 11.0 Å². The molecule has 3 aromatic rings. The molecule has 2 heterocycles. The monoisotopic (exact) mass is 425 g/mol. The van der Waals surface area contributed by atoms with Crippen LogP contribution < -0.4 is 5.69 Å². The molecule has 0 aliphatic heterocycles. The molecule has 3 rings (SSSR count). The number of hydrogen-bond donors (Lipinski definition) is 1. The van der Waals surface area contributed by atoms with Gasteiger partial charge in [0, 0.05) is 24.3 Å². The van der Waals surface area contributed by atoms with E-state index in [1.807, 2.05) is 31.2 Å². The van der Waals surface area contributed by atoms with E-state index >= 15 is 0 Å². The van der Waals surface area contributed by atoms with Gasteiger partial charge in [-0.05, 0) is 44.9 Å². The summed E-state index contributed by atoms with van der Waals surface area (Å²) in [5, 5.41) is 0. The summed E-state index contributed by atoms with van der Waals surface area (Å²) < 4.78 is 8.40. The standard InChI is InChI=1S/C23H27N3O5/c1-5-11-25-17-8-6-7-9-18(17)26(23(25)30)12-10-20(29)31-13-19(28)22-14(2)21(16(4)27)15(3)24-22/h6-9,24H,5,10-13H2,1-4H3. The smallest absolute Gasteiger partial charge is 0.329 e. The third kappa shape index (κ3) is 4.38. The summed E-state index contributed by atoms with van der Waals surface area (Å²) in [6, 6.07) is 7.46. The predicted molar refractivity (Wildman–Crippen MR) is 117 cm³/mol. The highest BCUT2D eigenvalue weighted by atomic mass is 16.5. The number of nitrogens with zero attached hydrogens (tertiary/aromatic N) is 2. The number of hydrogen-bond acceptors (Lipinski definition) is 5. The van der Waals surface area contributed by atoms with Gasteiger partial charge in [-0.1, -0.05) is 19.1 Å². The van der Waals surface area contributed by atoms with Crippen molar-refractivity contribution in [2.75, 3.05) is 6.61 Å². The van der Waals surface area contributed by atoms with Crippen LogP contribution in [0.4, 0.5) is 0 Å². The molecule has 0 radical (unpaired) electrons. The van der Waals surface area contributed by atoms with E-state index in [0.29, 0.717) is 23.4 Å². The van der Waals surface area contributed by atoms with Gasteiger partial charge >= 0.3 is 11.7 Å². The number of nitrogens with one attached hydrogen (secondary N) is 1. The van der Waals surface area contributed by atoms with Gasteiger partial charge in [0.15, 0.2) is 12.4 Å². The summed E-state index contributed by atoms with van der Waals surface area (Å²) in [6.07, 6.45) is 0.787. The topological polar surface area (TPSA) is 103 Å². The number of rotatable bonds is 9. The second-order valence-corrected chi connectivity index (χ2v) is 7.59. The van der Waals surface area contributed by atoms with Gasteiger partial charge in [0.25, 0.3) is 0 Å². The van der Waals surface area contributed by atoms with Crippen LogP contribution in [0.2, 0.25) is 0 Å². The third-order valence-corrected chi connectivity index (χ3v) is 5.34. The van der Waals surface area contributed by atoms with E-state index in [-0.39, 0.29) is 30.1 Å². The molecule has 0 saturated carbocycles. The van der Waals surface area contributed by atoms with Gasteiger partial charge in [0.2, 0.25) is 5.78 Å². The third-order valence-electron chi connectivity index (χ3n) is 5.34. The van der Waals surface area contributed by atoms with Crippen molar-refractivity contribution in [3.63, 3.8) is 0 Å². The number of H-pyrrole nitrogens is 1. The van der Waals surface area contributed by atoms with Gasteiger partial charge < -0.3 is 9.72 Å². The number of imidazole rings is 1. The lowest BCUT2D eigenvalue weighted by atomic mass is 10.1. The second kappa shape index (κ2) is 9.16. The molecule has 0 amide bonds. The first-order chi connectivity index (χ1) is 14.8. The number of benzene rings is 1. The van der Waals surface area contributed by atoms with Crippen molar-refractivity contribution in [3.8, 4) is 0 Å². The molecule has 0 aliphatic rings. The number of aromatic amines is 1. The van der Waals surface area contributed by atoms with Gasteiger partial charge in [-0.3, -0.25) is 23.5 Å². The van der Waals surface area contributed by atoms with Crippen LogP contribution in [0, 0.1) is 13.8 Å². The molecule has 2 aromatic heterocycles. The van der Waals surface area contributed by atoms with Gasteiger partial charge in [0.05, 0.1) is 23.1 Å². The molecule has 0 aliphatic carbocycles. The molecule has 0 fully saturated rings. The lowest BCUT2D eigenvalue weighted by Crippen LogP contribution is -2.25. The first-order valence-corrected chi connectivity index (χ1v) is 10.3. The largest absolute Gasteiger partial charge is 0.457 e. The average Bonchev–Trinajstić information content (AvgIpc) is 3.18. The fraction of sp³-hybridized carbons (Fsp3) is 0.391. The Morgan fingerprint density at radius 2 is 1.65 bits per heavy atom. The SMILES string of the molecule is CCCn1c(=O)n(CCC(=O)OCC(=O)c2[nH]c(C)c(C(C)=O)c2C)c2ccccc21. The van der Waals surface area contributed by atoms with Crippen molar-refractivity contribution in [2.24, 2.45) is 0 Å². The molecular formula is C23H27N3O5. The maximum atomic E-state index is 12.8. The van der Waals surface area contributed by atoms with E-state index < -0.39 is 18.4 Å². The number of ketones is 2. The Bertz CT molecular complexity index is 1210. The Hall–Kier alpha value is -3.42. The number of aryl methyl sites for hydroxylation is 3. The summed E-state index contributed by atoms with van der Waals surface area (Å²) in [4.78, 5) is 52.1. The molecule has 0 spiro atoms. The fourth-order valence-electron chi connectivity index (χ4n) is 3.98. The second-order valence-electron chi connectivity index (χ2n) is 7.59. The number of Topliss-reactive ketones (excluding diaryl/α,β-unsaturated/α-hetero) is 2. The lowest BCUT2D eigenvalue weighted by molar-refractivity contribution is -0.142. The summed E-state index contributed by atoms with van der Waals surface area (Å²) in [6.45, 7) is 7.19. The molecule has 0 unspecified atom stereocenters. The quantitative estimate of drug-likeness (QED) is 0.419. The zero-order chi connectivity index (χ0) is 22.7. The van der Waals surface area contributed by atoms with Crippen molar-refractivity contribution < 1.29 is 19.1 Å². The summed E-state index contributed by atoms with van der Waals surface area (Å²) in [5.41, 5.74) is 3.35. The Morgan fingerprint density at radius 1 is 1.03 bits per heavy atom. The fourth-order valence-corrected chi connectivity index (χ4v) is 3.98. The van der Waals surface area contributed by atoms with E-state index in [9.17, 15) is 19.2 Å². The number of para-hydroxylation sites is 2. The van der Waals surface area contributed by atoms with E-state index in [1.54, 1.807) is 23.0 Å². The zero-order valence-corrected chi connectivity index (χ0v) is 18.3. The predicted octanol–water partition coefficient (Wildman–Crippen LogP) is 3.18. The Morgan fingerprint density at radius 3 is 2.19 bits per heavy atom. The molecular weight excluding hydrogens is 398 g/mol. The highest BCUT2D eigenvalue weighted by molar-refractivity contribution is 6.04. The summed E-state index contributed by atoms with van der Waals surface area (Å²) in [7, 11) is 0. The molecule has 0 bridgehead atoms. The van der Waals surface area contributed by atoms with Crippen molar-refractivity contribution >= 4 is 28.6 Å². The molecule has 164 valence electrons. The molecule has 0 atom stereocenters. The van der Waals surface area contributed by atoms with Gasteiger partial charge in [-0.2, -0.15) is 0 Å². The molecule has 31 heavy (non-hydrogen) atoms. The minimum atomic E-state index is -0.569. The Kier molecular flexibility index (Phi) is 6.58. The van der Waals surface area contributed by atoms with Gasteiger partial charge in [0.1, 0.15) is 0 Å². The van der Waals surface area contributed by atoms with E-state index in [1.165, 1.54) is 6.92 Å². The number of carbonyl (C=O) groups excluding carboxylic acids is 3. The molecule has 0 saturated heterocycles. The van der Waals surface area contributed by atoms with Crippen molar-refractivity contribution in [3.05, 3.63) is 57.3 Å². The van der Waals surface area contributed by atoms with Crippen LogP contribution in [0.15, 0.2) is 29.1 Å². The van der Waals surface area contributed by atoms with Crippen LogP contribution in [0.1, 0.15) is 58.8 Å². The normalized spacial score (nSPS) is 11.1. The van der Waals surface area contributed by atoms with E-state index in [2.05, 4.69) is 4.98 Å². The van der Waals surface area contributed by atoms with E-state index in [0.717, 1.165) is 17.5 Å². The van der Waals surface area contributed by atoms with Gasteiger partial charge in [-0.25, -0.2) is 4.79 Å². The number of esters is 1. The zero-order valence-electron chi connectivity index (χ0n) is 18.3. The minimum Gasteiger partial charge on any atom is -0.457 e. The van der Waals surface area contributed by atoms with E-state index in [4.69, 9.17) is 4.74 Å². The molecule has 8 heteroatoms. The number of aromatic nitrogens is 3. The molecule has 8 nitrogen and oxygen atoms in total. The Balaban J connectivity index is 1.66. The molecule has 1 N–H and O–H groups in total. The maximum absolute atomic E-state index is 12.8. The maximum Gasteiger partial charge on any atom is 0.329 e. The van der Waals surface area contributed by atoms with Crippen LogP contribution in [-0.2, 0) is 22.6 Å². The van der Waals surface area contributed by atoms with Crippen molar-refractivity contribution in [1.82, 2.24) is 14.1 Å². The van der Waals surface area contributed by atoms with Crippen LogP contribution in [0.3, 0.4) is 0 Å². The van der Waals surface area contributed by atoms with Crippen molar-refractivity contribution in [1.29, 1.82) is 0 Å². The summed E-state index contributed by atoms with van der Waals surface area (Å²) >= 11 is 0. The lowest BCUT2D eigenvalue weighted by Gasteiger charge is -2.06. The highest BCUT2D eigenvalue weighted by Crippen LogP contribution is 2.19. The van der Waals surface area contributed by atoms with Crippen LogP contribution in [0.5, 0.6) is 0 Å². The average molecular weight is 425 g/mol.